The van der Waals surface area contributed by atoms with Crippen LogP contribution in [0.1, 0.15) is 116 Å². The molecule has 0 bridgehead atoms. The lowest BCUT2D eigenvalue weighted by atomic mass is 9.74. The SMILES string of the molecule is C/C=C\C1=CC(CC)=CNC1N.C=C(N)c1ccc(N(CCC)CCCC[C@H]2CC=C(C)C[C@@H]2c2ccc(C)cc2)cc1C.CC.O.O.[HH]. The molecule has 2 aliphatic rings. The van der Waals surface area contributed by atoms with Crippen LogP contribution >= 0.6 is 0 Å². The minimum absolute atomic E-state index is 0. The molecule has 0 saturated carbocycles. The maximum atomic E-state index is 5.93. The van der Waals surface area contributed by atoms with Crippen LogP contribution in [0.3, 0.4) is 0 Å². The minimum atomic E-state index is -0.0449. The van der Waals surface area contributed by atoms with Gasteiger partial charge < -0.3 is 32.6 Å². The fourth-order valence-corrected chi connectivity index (χ4v) is 6.38. The fourth-order valence-electron chi connectivity index (χ4n) is 6.38. The standard InChI is InChI=1S/C30H42N2.C10H16N2.C2H6.2H2O.H2/c1-6-18-32(28-16-17-29(25(5)31)24(4)21-28)19-8-7-9-26-15-12-23(3)20-30(26)27-13-10-22(2)11-14-27;1-3-5-9-6-8(4-2)7-12-10(9)11;1-2;;;/h10-14,16-17,21,26,30H,5-9,15,18-20,31H2,1-4H3;3,5-7,10,12H,4,11H2,1-2H3;1-2H3;2*1H2;1H/b;5-3-;;;;/t26-,30-;;;;;/m0...../s1. The summed E-state index contributed by atoms with van der Waals surface area (Å²) in [6.07, 6.45) is 19.1. The first kappa shape index (κ1) is 44.4. The highest BCUT2D eigenvalue weighted by molar-refractivity contribution is 5.66. The number of nitrogens with zero attached hydrogens (tertiary/aromatic N) is 1. The normalized spacial score (nSPS) is 18.2. The largest absolute Gasteiger partial charge is 0.412 e. The van der Waals surface area contributed by atoms with Crippen LogP contribution in [0.15, 0.2) is 96.3 Å². The van der Waals surface area contributed by atoms with Crippen LogP contribution in [0.25, 0.3) is 5.70 Å². The minimum Gasteiger partial charge on any atom is -0.412 e. The Morgan fingerprint density at radius 1 is 1.02 bits per heavy atom. The van der Waals surface area contributed by atoms with Crippen molar-refractivity contribution in [2.24, 2.45) is 17.4 Å². The quantitative estimate of drug-likeness (QED) is 0.155. The van der Waals surface area contributed by atoms with Crippen LogP contribution in [0.2, 0.25) is 0 Å². The van der Waals surface area contributed by atoms with Gasteiger partial charge in [0.15, 0.2) is 0 Å². The molecule has 2 aromatic rings. The number of dihydropyridines is 1. The summed E-state index contributed by atoms with van der Waals surface area (Å²) in [4.78, 5) is 2.54. The van der Waals surface area contributed by atoms with Crippen LogP contribution in [0, 0.1) is 19.8 Å². The molecule has 3 atom stereocenters. The summed E-state index contributed by atoms with van der Waals surface area (Å²) in [5.74, 6) is 1.44. The van der Waals surface area contributed by atoms with Gasteiger partial charge in [0.2, 0.25) is 0 Å². The zero-order chi connectivity index (χ0) is 34.1. The van der Waals surface area contributed by atoms with E-state index in [0.717, 1.165) is 43.0 Å². The predicted octanol–water partition coefficient (Wildman–Crippen LogP) is 9.05. The number of benzene rings is 2. The molecule has 2 aromatic carbocycles. The Bertz CT molecular complexity index is 1350. The van der Waals surface area contributed by atoms with Crippen molar-refractivity contribution in [1.29, 1.82) is 0 Å². The summed E-state index contributed by atoms with van der Waals surface area (Å²) in [7, 11) is 0. The molecule has 1 aliphatic carbocycles. The summed E-state index contributed by atoms with van der Waals surface area (Å²) in [6, 6.07) is 15.9. The summed E-state index contributed by atoms with van der Waals surface area (Å²) in [5, 5.41) is 3.11. The molecule has 6 nitrogen and oxygen atoms in total. The molecule has 0 aromatic heterocycles. The molecule has 4 rings (SSSR count). The number of aryl methyl sites for hydroxylation is 2. The van der Waals surface area contributed by atoms with Gasteiger partial charge in [0.05, 0.1) is 0 Å². The van der Waals surface area contributed by atoms with E-state index in [2.05, 4.69) is 106 Å². The van der Waals surface area contributed by atoms with Gasteiger partial charge >= 0.3 is 0 Å². The molecular weight excluding hydrogens is 592 g/mol. The summed E-state index contributed by atoms with van der Waals surface area (Å²) < 4.78 is 0. The van der Waals surface area contributed by atoms with Crippen molar-refractivity contribution in [3.05, 3.63) is 119 Å². The predicted molar refractivity (Wildman–Crippen MR) is 214 cm³/mol. The van der Waals surface area contributed by atoms with Gasteiger partial charge in [-0.3, -0.25) is 0 Å². The van der Waals surface area contributed by atoms with Gasteiger partial charge in [-0.1, -0.05) is 106 Å². The maximum absolute atomic E-state index is 5.93. The van der Waals surface area contributed by atoms with E-state index in [4.69, 9.17) is 11.5 Å². The molecule has 48 heavy (non-hydrogen) atoms. The maximum Gasteiger partial charge on any atom is 0.100 e. The van der Waals surface area contributed by atoms with Gasteiger partial charge in [0.1, 0.15) is 6.17 Å². The number of nitrogens with two attached hydrogens (primary N) is 2. The Labute approximate surface area is 294 Å². The van der Waals surface area contributed by atoms with E-state index in [-0.39, 0.29) is 18.5 Å². The van der Waals surface area contributed by atoms with Gasteiger partial charge in [0.25, 0.3) is 0 Å². The van der Waals surface area contributed by atoms with Crippen LogP contribution in [-0.4, -0.2) is 30.2 Å². The third-order valence-corrected chi connectivity index (χ3v) is 8.98. The van der Waals surface area contributed by atoms with Crippen LogP contribution in [0.4, 0.5) is 5.69 Å². The van der Waals surface area contributed by atoms with Crippen LogP contribution in [-0.2, 0) is 0 Å². The lowest BCUT2D eigenvalue weighted by molar-refractivity contribution is 0.365. The Morgan fingerprint density at radius 3 is 2.29 bits per heavy atom. The lowest BCUT2D eigenvalue weighted by Crippen LogP contribution is -2.37. The van der Waals surface area contributed by atoms with Crippen molar-refractivity contribution < 1.29 is 12.4 Å². The molecule has 0 radical (unpaired) electrons. The van der Waals surface area contributed by atoms with Crippen molar-refractivity contribution in [2.45, 2.75) is 112 Å². The highest BCUT2D eigenvalue weighted by atomic mass is 16.0. The third-order valence-electron chi connectivity index (χ3n) is 8.98. The van der Waals surface area contributed by atoms with Crippen molar-refractivity contribution >= 4 is 11.4 Å². The fraction of sp³-hybridized carbons (Fsp3) is 0.476. The molecule has 6 heteroatoms. The molecule has 0 fully saturated rings. The zero-order valence-electron chi connectivity index (χ0n) is 31.3. The molecule has 0 spiro atoms. The van der Waals surface area contributed by atoms with Gasteiger partial charge in [-0.25, -0.2) is 0 Å². The van der Waals surface area contributed by atoms with E-state index in [9.17, 15) is 0 Å². The molecule has 1 aliphatic heterocycles. The van der Waals surface area contributed by atoms with Gasteiger partial charge in [-0.2, -0.15) is 0 Å². The first-order valence-electron chi connectivity index (χ1n) is 17.7. The third kappa shape index (κ3) is 13.9. The Morgan fingerprint density at radius 2 is 1.71 bits per heavy atom. The average Bonchev–Trinajstić information content (AvgIpc) is 3.05. The van der Waals surface area contributed by atoms with Gasteiger partial charge in [-0.05, 0) is 118 Å². The molecule has 1 heterocycles. The Balaban J connectivity index is 0. The lowest BCUT2D eigenvalue weighted by Gasteiger charge is -2.32. The first-order valence-corrected chi connectivity index (χ1v) is 17.7. The van der Waals surface area contributed by atoms with E-state index < -0.39 is 0 Å². The van der Waals surface area contributed by atoms with Crippen molar-refractivity contribution in [3.63, 3.8) is 0 Å². The molecule has 0 saturated heterocycles. The molecule has 9 N–H and O–H groups in total. The Hall–Kier alpha value is -3.58. The van der Waals surface area contributed by atoms with Gasteiger partial charge in [-0.15, -0.1) is 0 Å². The zero-order valence-corrected chi connectivity index (χ0v) is 31.3. The molecular formula is C42H70N4O2. The number of rotatable bonds is 12. The second kappa shape index (κ2) is 23.7. The van der Waals surface area contributed by atoms with E-state index in [1.54, 1.807) is 5.57 Å². The molecule has 1 unspecified atom stereocenters. The smallest absolute Gasteiger partial charge is 0.100 e. The summed E-state index contributed by atoms with van der Waals surface area (Å²) >= 11 is 0. The van der Waals surface area contributed by atoms with E-state index in [1.165, 1.54) is 60.1 Å². The Kier molecular flexibility index (Phi) is 21.9. The van der Waals surface area contributed by atoms with Gasteiger partial charge in [0, 0.05) is 32.1 Å². The van der Waals surface area contributed by atoms with Crippen LogP contribution < -0.4 is 21.7 Å². The number of hydrogen-bond donors (Lipinski definition) is 3. The summed E-state index contributed by atoms with van der Waals surface area (Å²) in [5.41, 5.74) is 22.8. The first-order chi connectivity index (χ1) is 22.2. The average molecular weight is 663 g/mol. The second-order valence-electron chi connectivity index (χ2n) is 12.6. The van der Waals surface area contributed by atoms with E-state index in [0.29, 0.717) is 11.6 Å². The second-order valence-corrected chi connectivity index (χ2v) is 12.6. The highest BCUT2D eigenvalue weighted by Gasteiger charge is 2.25. The number of nitrogens with one attached hydrogen (secondary N) is 1. The number of anilines is 1. The van der Waals surface area contributed by atoms with Crippen molar-refractivity contribution in [1.82, 2.24) is 5.32 Å². The number of unbranched alkanes of at least 4 members (excludes halogenated alkanes) is 1. The number of allylic oxidation sites excluding steroid dienone is 5. The van der Waals surface area contributed by atoms with Crippen LogP contribution in [0.5, 0.6) is 0 Å². The van der Waals surface area contributed by atoms with E-state index >= 15 is 0 Å². The summed E-state index contributed by atoms with van der Waals surface area (Å²) in [6.45, 7) is 23.1. The number of hydrogen-bond acceptors (Lipinski definition) is 4. The molecule has 270 valence electrons. The molecule has 0 amide bonds. The van der Waals surface area contributed by atoms with Crippen molar-refractivity contribution in [2.75, 3.05) is 18.0 Å². The topological polar surface area (TPSA) is 130 Å². The monoisotopic (exact) mass is 663 g/mol. The van der Waals surface area contributed by atoms with Crippen molar-refractivity contribution in [3.8, 4) is 0 Å². The highest BCUT2D eigenvalue weighted by Crippen LogP contribution is 2.40. The van der Waals surface area contributed by atoms with E-state index in [1.807, 2.05) is 39.1 Å².